The van der Waals surface area contributed by atoms with Crippen molar-refractivity contribution in [2.24, 2.45) is 0 Å². The van der Waals surface area contributed by atoms with E-state index in [1.54, 1.807) is 0 Å². The molecule has 1 heterocycles. The molecule has 0 bridgehead atoms. The Kier molecular flexibility index (Phi) is 0.916. The smallest absolute Gasteiger partial charge is 0.422 e. The van der Waals surface area contributed by atoms with E-state index in [-0.39, 0.29) is 5.59 Å². The lowest BCUT2D eigenvalue weighted by Crippen LogP contribution is -2.37. The molecule has 4 nitrogen and oxygen atoms in total. The van der Waals surface area contributed by atoms with Crippen molar-refractivity contribution in [3.05, 3.63) is 12.3 Å². The summed E-state index contributed by atoms with van der Waals surface area (Å²) in [6.07, 6.45) is 1.11. The lowest BCUT2D eigenvalue weighted by Gasteiger charge is -2.09. The lowest BCUT2D eigenvalue weighted by atomic mass is 9.86. The van der Waals surface area contributed by atoms with E-state index in [9.17, 15) is 0 Å². The Morgan fingerprint density at radius 1 is 1.73 bits per heavy atom. The molecule has 0 amide bonds. The second kappa shape index (κ2) is 3.06. The first kappa shape index (κ1) is 3.29. The molecular weight excluding hydrogens is 143 g/mol. The molecule has 0 saturated carbocycles. The minimum absolute atomic E-state index is 0.276. The third-order valence-electron chi connectivity index (χ3n) is 1.21. The summed E-state index contributed by atoms with van der Waals surface area (Å²) in [6.45, 7) is -5.66. The van der Waals surface area contributed by atoms with Crippen LogP contribution < -0.4 is 5.59 Å². The Bertz CT molecular complexity index is 373. The predicted octanol–water partition coefficient (Wildman–Crippen LogP) is -0.856. The van der Waals surface area contributed by atoms with Gasteiger partial charge >= 0.3 is 7.12 Å². The SMILES string of the molecule is [2H]C([2H])([2H])C(n1nccc1B(O)O)C([2H])([2H])[2H]. The average Bonchev–Trinajstić information content (AvgIpc) is 2.46. The topological polar surface area (TPSA) is 58.3 Å². The lowest BCUT2D eigenvalue weighted by molar-refractivity contribution is 0.416. The zero-order valence-corrected chi connectivity index (χ0v) is 5.60. The van der Waals surface area contributed by atoms with Crippen LogP contribution in [0.2, 0.25) is 0 Å². The van der Waals surface area contributed by atoms with Crippen LogP contribution in [0.15, 0.2) is 12.3 Å². The second-order valence-electron chi connectivity index (χ2n) is 1.98. The zero-order valence-electron chi connectivity index (χ0n) is 11.6. The summed E-state index contributed by atoms with van der Waals surface area (Å²) in [4.78, 5) is 0. The van der Waals surface area contributed by atoms with Gasteiger partial charge in [0.25, 0.3) is 0 Å². The van der Waals surface area contributed by atoms with Crippen molar-refractivity contribution in [3.63, 3.8) is 0 Å². The molecular formula is C6H11BN2O2. The maximum absolute atomic E-state index is 9.00. The third kappa shape index (κ3) is 1.61. The van der Waals surface area contributed by atoms with Gasteiger partial charge in [0.1, 0.15) is 0 Å². The summed E-state index contributed by atoms with van der Waals surface area (Å²) in [5.41, 5.74) is -0.276. The highest BCUT2D eigenvalue weighted by Crippen LogP contribution is 1.98. The van der Waals surface area contributed by atoms with Crippen LogP contribution in [-0.4, -0.2) is 26.9 Å². The standard InChI is InChI=1S/C6H11BN2O2/c1-5(2)9-6(7(10)11)3-4-8-9/h3-5,10-11H,1-2H3/i1D3,2D3. The molecule has 0 fully saturated rings. The van der Waals surface area contributed by atoms with E-state index in [4.69, 9.17) is 18.3 Å². The first-order valence-electron chi connectivity index (χ1n) is 5.94. The van der Waals surface area contributed by atoms with Gasteiger partial charge < -0.3 is 10.0 Å². The molecule has 0 aromatic carbocycles. The molecule has 0 atom stereocenters. The summed E-state index contributed by atoms with van der Waals surface area (Å²) < 4.78 is 43.9. The predicted molar refractivity (Wildman–Crippen MR) is 42.4 cm³/mol. The van der Waals surface area contributed by atoms with E-state index >= 15 is 0 Å². The molecule has 1 rings (SSSR count). The van der Waals surface area contributed by atoms with Crippen LogP contribution in [0, 0.1) is 0 Å². The van der Waals surface area contributed by atoms with Gasteiger partial charge in [-0.2, -0.15) is 5.10 Å². The first-order valence-corrected chi connectivity index (χ1v) is 2.94. The summed E-state index contributed by atoms with van der Waals surface area (Å²) >= 11 is 0. The Hall–Kier alpha value is -0.805. The van der Waals surface area contributed by atoms with E-state index in [0.717, 1.165) is 12.3 Å². The molecule has 0 spiro atoms. The molecule has 1 aromatic heterocycles. The molecule has 11 heavy (non-hydrogen) atoms. The van der Waals surface area contributed by atoms with Crippen molar-refractivity contribution in [3.8, 4) is 0 Å². The molecule has 0 saturated heterocycles. The van der Waals surface area contributed by atoms with Crippen molar-refractivity contribution >= 4 is 12.7 Å². The van der Waals surface area contributed by atoms with Crippen molar-refractivity contribution in [2.75, 3.05) is 0 Å². The van der Waals surface area contributed by atoms with Gasteiger partial charge in [0.15, 0.2) is 0 Å². The van der Waals surface area contributed by atoms with Crippen molar-refractivity contribution in [1.82, 2.24) is 9.78 Å². The van der Waals surface area contributed by atoms with E-state index in [1.165, 1.54) is 0 Å². The minimum atomic E-state index is -2.83. The number of rotatable bonds is 2. The van der Waals surface area contributed by atoms with Gasteiger partial charge in [-0.25, -0.2) is 0 Å². The van der Waals surface area contributed by atoms with Gasteiger partial charge in [-0.15, -0.1) is 0 Å². The van der Waals surface area contributed by atoms with Gasteiger partial charge in [-0.3, -0.25) is 4.68 Å². The highest BCUT2D eigenvalue weighted by molar-refractivity contribution is 6.57. The fraction of sp³-hybridized carbons (Fsp3) is 0.500. The van der Waals surface area contributed by atoms with Crippen LogP contribution in [0.1, 0.15) is 28.0 Å². The summed E-state index contributed by atoms with van der Waals surface area (Å²) in [7, 11) is -1.98. The van der Waals surface area contributed by atoms with Crippen molar-refractivity contribution in [2.45, 2.75) is 19.7 Å². The average molecular weight is 160 g/mol. The molecule has 0 aliphatic rings. The Morgan fingerprint density at radius 3 is 3.00 bits per heavy atom. The van der Waals surface area contributed by atoms with Gasteiger partial charge in [0.05, 0.1) is 5.59 Å². The van der Waals surface area contributed by atoms with E-state index < -0.39 is 26.9 Å². The number of hydrogen-bond donors (Lipinski definition) is 2. The fourth-order valence-electron chi connectivity index (χ4n) is 0.745. The summed E-state index contributed by atoms with van der Waals surface area (Å²) in [5, 5.41) is 21.5. The largest absolute Gasteiger partial charge is 0.507 e. The minimum Gasteiger partial charge on any atom is -0.422 e. The molecule has 1 aromatic rings. The van der Waals surface area contributed by atoms with Crippen LogP contribution >= 0.6 is 0 Å². The highest BCUT2D eigenvalue weighted by atomic mass is 16.4. The quantitative estimate of drug-likeness (QED) is 0.553. The van der Waals surface area contributed by atoms with Gasteiger partial charge in [0, 0.05) is 20.5 Å². The van der Waals surface area contributed by atoms with Crippen LogP contribution in [-0.2, 0) is 0 Å². The maximum Gasteiger partial charge on any atom is 0.507 e. The Morgan fingerprint density at radius 2 is 2.45 bits per heavy atom. The van der Waals surface area contributed by atoms with E-state index in [1.807, 2.05) is 0 Å². The highest BCUT2D eigenvalue weighted by Gasteiger charge is 2.17. The third-order valence-corrected chi connectivity index (χ3v) is 1.21. The van der Waals surface area contributed by atoms with Gasteiger partial charge in [-0.05, 0) is 19.8 Å². The molecule has 5 heteroatoms. The zero-order chi connectivity index (χ0) is 13.4. The number of aromatic nitrogens is 2. The summed E-state index contributed by atoms with van der Waals surface area (Å²) in [6, 6.07) is -0.767. The molecule has 2 N–H and O–H groups in total. The Balaban J connectivity index is 3.29. The van der Waals surface area contributed by atoms with E-state index in [0.29, 0.717) is 4.68 Å². The molecule has 0 aliphatic heterocycles. The van der Waals surface area contributed by atoms with Crippen LogP contribution in [0.5, 0.6) is 0 Å². The monoisotopic (exact) mass is 160 g/mol. The fourth-order valence-corrected chi connectivity index (χ4v) is 0.745. The van der Waals surface area contributed by atoms with Crippen LogP contribution in [0.25, 0.3) is 0 Å². The molecule has 0 radical (unpaired) electrons. The van der Waals surface area contributed by atoms with Crippen LogP contribution in [0.4, 0.5) is 0 Å². The number of nitrogens with zero attached hydrogens (tertiary/aromatic N) is 2. The molecule has 60 valence electrons. The van der Waals surface area contributed by atoms with Crippen molar-refractivity contribution in [1.29, 1.82) is 0 Å². The normalized spacial score (nSPS) is 21.0. The molecule has 0 unspecified atom stereocenters. The van der Waals surface area contributed by atoms with Crippen molar-refractivity contribution < 1.29 is 18.3 Å². The second-order valence-corrected chi connectivity index (χ2v) is 1.98. The molecule has 0 aliphatic carbocycles. The summed E-state index contributed by atoms with van der Waals surface area (Å²) in [5.74, 6) is 0. The maximum atomic E-state index is 9.00. The van der Waals surface area contributed by atoms with Crippen LogP contribution in [0.3, 0.4) is 0 Å². The van der Waals surface area contributed by atoms with E-state index in [2.05, 4.69) is 5.10 Å². The number of hydrogen-bond acceptors (Lipinski definition) is 3. The van der Waals surface area contributed by atoms with Gasteiger partial charge in [0.2, 0.25) is 0 Å². The first-order chi connectivity index (χ1) is 7.55. The van der Waals surface area contributed by atoms with Gasteiger partial charge in [-0.1, -0.05) is 0 Å². The Labute approximate surface area is 74.0 Å².